The summed E-state index contributed by atoms with van der Waals surface area (Å²) < 4.78 is 13.2. The smallest absolute Gasteiger partial charge is 0.128 e. The van der Waals surface area contributed by atoms with E-state index in [0.29, 0.717) is 5.56 Å². The van der Waals surface area contributed by atoms with Gasteiger partial charge in [-0.2, -0.15) is 5.26 Å². The van der Waals surface area contributed by atoms with E-state index >= 15 is 0 Å². The largest absolute Gasteiger partial charge is 0.392 e. The maximum absolute atomic E-state index is 13.2. The monoisotopic (exact) mass is 194 g/mol. The van der Waals surface area contributed by atoms with Crippen LogP contribution in [0.4, 0.5) is 4.39 Å². The minimum Gasteiger partial charge on any atom is -0.392 e. The fourth-order valence-electron chi connectivity index (χ4n) is 1.18. The van der Waals surface area contributed by atoms with Crippen molar-refractivity contribution in [3.63, 3.8) is 0 Å². The second-order valence-electron chi connectivity index (χ2n) is 2.98. The summed E-state index contributed by atoms with van der Waals surface area (Å²) in [6, 6.07) is 5.46. The van der Waals surface area contributed by atoms with Gasteiger partial charge in [0.2, 0.25) is 0 Å². The summed E-state index contributed by atoms with van der Waals surface area (Å²) in [5, 5.41) is 17.2. The first-order chi connectivity index (χ1) is 6.69. The Morgan fingerprint density at radius 3 is 2.86 bits per heavy atom. The van der Waals surface area contributed by atoms with Crippen LogP contribution in [0.25, 0.3) is 0 Å². The molecule has 0 aromatic heterocycles. The van der Waals surface area contributed by atoms with Crippen molar-refractivity contribution >= 4 is 0 Å². The molecule has 1 rings (SSSR count). The first-order valence-corrected chi connectivity index (χ1v) is 4.20. The van der Waals surface area contributed by atoms with Crippen molar-refractivity contribution in [3.05, 3.63) is 35.1 Å². The van der Waals surface area contributed by atoms with E-state index in [1.165, 1.54) is 18.2 Å². The summed E-state index contributed by atoms with van der Waals surface area (Å²) in [6.45, 7) is -0.160. The summed E-state index contributed by atoms with van der Waals surface area (Å²) in [4.78, 5) is 0. The molecular weight excluding hydrogens is 183 g/mol. The zero-order chi connectivity index (χ0) is 10.6. The predicted molar refractivity (Wildman–Crippen MR) is 49.5 cm³/mol. The predicted octanol–water partition coefficient (Wildman–Crippen LogP) is 1.23. The average molecular weight is 194 g/mol. The lowest BCUT2D eigenvalue weighted by molar-refractivity contribution is 0.281. The summed E-state index contributed by atoms with van der Waals surface area (Å²) in [7, 11) is 0. The van der Waals surface area contributed by atoms with E-state index in [0.717, 1.165) is 0 Å². The van der Waals surface area contributed by atoms with Crippen LogP contribution in [0.2, 0.25) is 0 Å². The van der Waals surface area contributed by atoms with Crippen LogP contribution in [0.1, 0.15) is 23.6 Å². The number of aliphatic hydroxyl groups is 1. The van der Waals surface area contributed by atoms with Crippen molar-refractivity contribution in [2.75, 3.05) is 0 Å². The van der Waals surface area contributed by atoms with Crippen molar-refractivity contribution < 1.29 is 9.50 Å². The lowest BCUT2D eigenvalue weighted by Gasteiger charge is -2.10. The molecule has 3 N–H and O–H groups in total. The van der Waals surface area contributed by atoms with Gasteiger partial charge in [-0.3, -0.25) is 0 Å². The van der Waals surface area contributed by atoms with Crippen LogP contribution >= 0.6 is 0 Å². The first-order valence-electron chi connectivity index (χ1n) is 4.20. The third-order valence-corrected chi connectivity index (χ3v) is 1.95. The number of hydrogen-bond donors (Lipinski definition) is 2. The molecule has 0 heterocycles. The van der Waals surface area contributed by atoms with Crippen LogP contribution in [0.5, 0.6) is 0 Å². The SMILES string of the molecule is N#CCC(N)c1cc(CO)ccc1F. The van der Waals surface area contributed by atoms with Crippen LogP contribution in [0.15, 0.2) is 18.2 Å². The molecule has 0 radical (unpaired) electrons. The lowest BCUT2D eigenvalue weighted by Crippen LogP contribution is -2.11. The van der Waals surface area contributed by atoms with Gasteiger partial charge in [-0.15, -0.1) is 0 Å². The van der Waals surface area contributed by atoms with Crippen molar-refractivity contribution in [2.24, 2.45) is 5.73 Å². The molecule has 0 aliphatic carbocycles. The van der Waals surface area contributed by atoms with Crippen LogP contribution in [0.3, 0.4) is 0 Å². The van der Waals surface area contributed by atoms with E-state index in [-0.39, 0.29) is 18.6 Å². The zero-order valence-electron chi connectivity index (χ0n) is 7.57. The number of nitriles is 1. The molecule has 74 valence electrons. The summed E-state index contributed by atoms with van der Waals surface area (Å²) in [6.07, 6.45) is 0.0613. The average Bonchev–Trinajstić information content (AvgIpc) is 2.19. The van der Waals surface area contributed by atoms with Gasteiger partial charge in [0.25, 0.3) is 0 Å². The number of halogens is 1. The number of aliphatic hydroxyl groups excluding tert-OH is 1. The Balaban J connectivity index is 3.00. The quantitative estimate of drug-likeness (QED) is 0.760. The van der Waals surface area contributed by atoms with Crippen molar-refractivity contribution in [1.82, 2.24) is 0 Å². The number of nitrogens with two attached hydrogens (primary N) is 1. The molecule has 0 aliphatic rings. The highest BCUT2D eigenvalue weighted by Gasteiger charge is 2.11. The third-order valence-electron chi connectivity index (χ3n) is 1.95. The van der Waals surface area contributed by atoms with Gasteiger partial charge in [0, 0.05) is 11.6 Å². The summed E-state index contributed by atoms with van der Waals surface area (Å²) >= 11 is 0. The molecule has 1 atom stereocenters. The van der Waals surface area contributed by atoms with Gasteiger partial charge in [-0.05, 0) is 17.7 Å². The normalized spacial score (nSPS) is 12.1. The molecule has 3 nitrogen and oxygen atoms in total. The van der Waals surface area contributed by atoms with E-state index in [2.05, 4.69) is 0 Å². The fraction of sp³-hybridized carbons (Fsp3) is 0.300. The Morgan fingerprint density at radius 1 is 1.57 bits per heavy atom. The molecule has 0 saturated carbocycles. The van der Waals surface area contributed by atoms with Gasteiger partial charge >= 0.3 is 0 Å². The number of benzene rings is 1. The van der Waals surface area contributed by atoms with E-state index < -0.39 is 11.9 Å². The lowest BCUT2D eigenvalue weighted by atomic mass is 10.0. The molecule has 0 fully saturated rings. The van der Waals surface area contributed by atoms with Crippen LogP contribution in [0, 0.1) is 17.1 Å². The van der Waals surface area contributed by atoms with Crippen molar-refractivity contribution in [3.8, 4) is 6.07 Å². The summed E-state index contributed by atoms with van der Waals surface area (Å²) in [5.74, 6) is -0.440. The molecule has 1 aromatic carbocycles. The highest BCUT2D eigenvalue weighted by atomic mass is 19.1. The molecular formula is C10H11FN2O. The molecule has 0 spiro atoms. The molecule has 0 saturated heterocycles. The minimum atomic E-state index is -0.633. The number of rotatable bonds is 3. The highest BCUT2D eigenvalue weighted by molar-refractivity contribution is 5.27. The van der Waals surface area contributed by atoms with E-state index in [1.807, 2.05) is 6.07 Å². The maximum atomic E-state index is 13.2. The van der Waals surface area contributed by atoms with E-state index in [9.17, 15) is 4.39 Å². The van der Waals surface area contributed by atoms with Crippen molar-refractivity contribution in [1.29, 1.82) is 5.26 Å². The number of nitrogens with zero attached hydrogens (tertiary/aromatic N) is 1. The van der Waals surface area contributed by atoms with E-state index in [1.54, 1.807) is 0 Å². The van der Waals surface area contributed by atoms with Crippen LogP contribution in [-0.4, -0.2) is 5.11 Å². The molecule has 14 heavy (non-hydrogen) atoms. The second-order valence-corrected chi connectivity index (χ2v) is 2.98. The summed E-state index contributed by atoms with van der Waals surface area (Å²) in [5.41, 5.74) is 6.45. The van der Waals surface area contributed by atoms with E-state index in [4.69, 9.17) is 16.1 Å². The number of hydrogen-bond acceptors (Lipinski definition) is 3. The van der Waals surface area contributed by atoms with Gasteiger partial charge in [0.15, 0.2) is 0 Å². The van der Waals surface area contributed by atoms with Gasteiger partial charge in [-0.1, -0.05) is 6.07 Å². The molecule has 1 aromatic rings. The van der Waals surface area contributed by atoms with Gasteiger partial charge in [-0.25, -0.2) is 4.39 Å². The van der Waals surface area contributed by atoms with Crippen molar-refractivity contribution in [2.45, 2.75) is 19.1 Å². The molecule has 1 unspecified atom stereocenters. The topological polar surface area (TPSA) is 70.0 Å². The highest BCUT2D eigenvalue weighted by Crippen LogP contribution is 2.19. The Hall–Kier alpha value is -1.44. The third kappa shape index (κ3) is 2.28. The maximum Gasteiger partial charge on any atom is 0.128 e. The first kappa shape index (κ1) is 10.6. The molecule has 4 heteroatoms. The van der Waals surface area contributed by atoms with Gasteiger partial charge in [0.1, 0.15) is 5.82 Å². The standard InChI is InChI=1S/C10H11FN2O/c11-9-2-1-7(6-14)5-8(9)10(13)3-4-12/h1-2,5,10,14H,3,6,13H2. The second kappa shape index (κ2) is 4.70. The van der Waals surface area contributed by atoms with Gasteiger partial charge in [0.05, 0.1) is 19.1 Å². The molecule has 0 aliphatic heterocycles. The molecule has 0 bridgehead atoms. The molecule has 0 amide bonds. The Kier molecular flexibility index (Phi) is 3.57. The zero-order valence-corrected chi connectivity index (χ0v) is 7.57. The van der Waals surface area contributed by atoms with Crippen LogP contribution < -0.4 is 5.73 Å². The van der Waals surface area contributed by atoms with Gasteiger partial charge < -0.3 is 10.8 Å². The Labute approximate surface area is 81.6 Å². The Bertz CT molecular complexity index is 360. The Morgan fingerprint density at radius 2 is 2.29 bits per heavy atom. The fourth-order valence-corrected chi connectivity index (χ4v) is 1.18. The van der Waals surface area contributed by atoms with Crippen LogP contribution in [-0.2, 0) is 6.61 Å². The minimum absolute atomic E-state index is 0.0613.